The van der Waals surface area contributed by atoms with Crippen LogP contribution in [0.15, 0.2) is 18.2 Å². The number of primary amides is 2. The molecule has 0 bridgehead atoms. The second-order valence-electron chi connectivity index (χ2n) is 4.34. The van der Waals surface area contributed by atoms with Gasteiger partial charge in [0, 0.05) is 17.3 Å². The molecule has 0 aliphatic carbocycles. The molecule has 0 aliphatic heterocycles. The van der Waals surface area contributed by atoms with Crippen molar-refractivity contribution in [2.75, 3.05) is 24.5 Å². The molecule has 5 N–H and O–H groups in total. The predicted octanol–water partition coefficient (Wildman–Crippen LogP) is 0.227. The van der Waals surface area contributed by atoms with Crippen LogP contribution in [0.4, 0.5) is 5.69 Å². The van der Waals surface area contributed by atoms with Crippen LogP contribution in [0.3, 0.4) is 0 Å². The molecule has 0 fully saturated rings. The molecular formula is C13H19ClN4O2. The Morgan fingerprint density at radius 3 is 2.35 bits per heavy atom. The number of nitrogens with two attached hydrogens (primary N) is 2. The van der Waals surface area contributed by atoms with Crippen LogP contribution >= 0.6 is 11.6 Å². The quantitative estimate of drug-likeness (QED) is 0.639. The van der Waals surface area contributed by atoms with E-state index in [2.05, 4.69) is 5.32 Å². The Kier molecular flexibility index (Phi) is 6.27. The smallest absolute Gasteiger partial charge is 0.236 e. The highest BCUT2D eigenvalue weighted by molar-refractivity contribution is 6.30. The lowest BCUT2D eigenvalue weighted by molar-refractivity contribution is -0.117. The number of hydrogen-bond donors (Lipinski definition) is 3. The zero-order chi connectivity index (χ0) is 15.1. The van der Waals surface area contributed by atoms with Crippen molar-refractivity contribution in [3.05, 3.63) is 28.8 Å². The fourth-order valence-electron chi connectivity index (χ4n) is 1.84. The summed E-state index contributed by atoms with van der Waals surface area (Å²) < 4.78 is 0. The number of benzene rings is 1. The molecule has 2 amide bonds. The predicted molar refractivity (Wildman–Crippen MR) is 79.4 cm³/mol. The number of hydrogen-bond acceptors (Lipinski definition) is 4. The standard InChI is InChI=1S/C13H19ClN4O2/c1-2-17-6-9-3-4-10(14)5-11(9)18(7-12(15)19)8-13(16)20/h3-5,17H,2,6-8H2,1H3,(H2,15,19)(H2,16,20). The maximum atomic E-state index is 11.2. The second-order valence-corrected chi connectivity index (χ2v) is 4.78. The van der Waals surface area contributed by atoms with E-state index >= 15 is 0 Å². The number of nitrogens with zero attached hydrogens (tertiary/aromatic N) is 1. The van der Waals surface area contributed by atoms with E-state index in [0.29, 0.717) is 17.3 Å². The van der Waals surface area contributed by atoms with E-state index in [1.165, 1.54) is 4.90 Å². The molecule has 1 aromatic carbocycles. The number of amides is 2. The molecule has 0 radical (unpaired) electrons. The molecule has 0 heterocycles. The number of carbonyl (C=O) groups excluding carboxylic acids is 2. The summed E-state index contributed by atoms with van der Waals surface area (Å²) in [4.78, 5) is 23.8. The minimum absolute atomic E-state index is 0.0948. The molecule has 0 saturated heterocycles. The summed E-state index contributed by atoms with van der Waals surface area (Å²) in [6.45, 7) is 3.19. The molecule has 0 aromatic heterocycles. The van der Waals surface area contributed by atoms with E-state index in [1.807, 2.05) is 13.0 Å². The Morgan fingerprint density at radius 2 is 1.85 bits per heavy atom. The van der Waals surface area contributed by atoms with E-state index < -0.39 is 11.8 Å². The Balaban J connectivity index is 3.10. The van der Waals surface area contributed by atoms with Crippen LogP contribution in [0.25, 0.3) is 0 Å². The number of carbonyl (C=O) groups is 2. The number of nitrogens with one attached hydrogen (secondary N) is 1. The largest absolute Gasteiger partial charge is 0.368 e. The summed E-state index contributed by atoms with van der Waals surface area (Å²) in [5.74, 6) is -1.08. The van der Waals surface area contributed by atoms with Crippen molar-refractivity contribution in [1.82, 2.24) is 5.32 Å². The first-order valence-corrected chi connectivity index (χ1v) is 6.62. The molecule has 6 nitrogen and oxygen atoms in total. The van der Waals surface area contributed by atoms with Crippen LogP contribution < -0.4 is 21.7 Å². The van der Waals surface area contributed by atoms with Crippen molar-refractivity contribution in [1.29, 1.82) is 0 Å². The average Bonchev–Trinajstić information content (AvgIpc) is 2.35. The fourth-order valence-corrected chi connectivity index (χ4v) is 2.01. The number of rotatable bonds is 8. The third kappa shape index (κ3) is 5.07. The van der Waals surface area contributed by atoms with Gasteiger partial charge in [0.25, 0.3) is 0 Å². The third-order valence-electron chi connectivity index (χ3n) is 2.65. The Labute approximate surface area is 123 Å². The van der Waals surface area contributed by atoms with Gasteiger partial charge < -0.3 is 21.7 Å². The van der Waals surface area contributed by atoms with Crippen molar-refractivity contribution in [3.8, 4) is 0 Å². The van der Waals surface area contributed by atoms with E-state index in [1.54, 1.807) is 12.1 Å². The highest BCUT2D eigenvalue weighted by atomic mass is 35.5. The first-order chi connectivity index (χ1) is 9.43. The SMILES string of the molecule is CCNCc1ccc(Cl)cc1N(CC(N)=O)CC(N)=O. The summed E-state index contributed by atoms with van der Waals surface area (Å²) in [6, 6.07) is 5.29. The van der Waals surface area contributed by atoms with Gasteiger partial charge in [-0.25, -0.2) is 0 Å². The van der Waals surface area contributed by atoms with Gasteiger partial charge >= 0.3 is 0 Å². The van der Waals surface area contributed by atoms with E-state index in [4.69, 9.17) is 23.1 Å². The van der Waals surface area contributed by atoms with Gasteiger partial charge in [-0.05, 0) is 24.2 Å². The first-order valence-electron chi connectivity index (χ1n) is 6.24. The van der Waals surface area contributed by atoms with Crippen molar-refractivity contribution in [2.45, 2.75) is 13.5 Å². The number of anilines is 1. The molecule has 1 aromatic rings. The Morgan fingerprint density at radius 1 is 1.25 bits per heavy atom. The Hall–Kier alpha value is -1.79. The van der Waals surface area contributed by atoms with Crippen LogP contribution in [0.2, 0.25) is 5.02 Å². The van der Waals surface area contributed by atoms with Gasteiger partial charge in [-0.15, -0.1) is 0 Å². The van der Waals surface area contributed by atoms with Crippen molar-refractivity contribution in [2.24, 2.45) is 11.5 Å². The van der Waals surface area contributed by atoms with Crippen LogP contribution in [0.5, 0.6) is 0 Å². The molecule has 7 heteroatoms. The molecular weight excluding hydrogens is 280 g/mol. The minimum Gasteiger partial charge on any atom is -0.368 e. The highest BCUT2D eigenvalue weighted by Gasteiger charge is 2.16. The summed E-state index contributed by atoms with van der Waals surface area (Å²) in [6.07, 6.45) is 0. The molecule has 0 unspecified atom stereocenters. The van der Waals surface area contributed by atoms with Crippen LogP contribution in [0, 0.1) is 0 Å². The summed E-state index contributed by atoms with van der Waals surface area (Å²) >= 11 is 5.99. The average molecular weight is 299 g/mol. The molecule has 0 saturated carbocycles. The van der Waals surface area contributed by atoms with Crippen LogP contribution in [0.1, 0.15) is 12.5 Å². The lowest BCUT2D eigenvalue weighted by Crippen LogP contribution is -2.40. The summed E-state index contributed by atoms with van der Waals surface area (Å²) in [7, 11) is 0. The fraction of sp³-hybridized carbons (Fsp3) is 0.385. The minimum atomic E-state index is -0.541. The van der Waals surface area contributed by atoms with Gasteiger partial charge in [-0.3, -0.25) is 9.59 Å². The van der Waals surface area contributed by atoms with E-state index in [9.17, 15) is 9.59 Å². The molecule has 110 valence electrons. The van der Waals surface area contributed by atoms with E-state index in [-0.39, 0.29) is 13.1 Å². The van der Waals surface area contributed by atoms with Crippen LogP contribution in [-0.4, -0.2) is 31.4 Å². The number of halogens is 1. The summed E-state index contributed by atoms with van der Waals surface area (Å²) in [5.41, 5.74) is 12.0. The maximum absolute atomic E-state index is 11.2. The monoisotopic (exact) mass is 298 g/mol. The zero-order valence-electron chi connectivity index (χ0n) is 11.4. The lowest BCUT2D eigenvalue weighted by atomic mass is 10.1. The third-order valence-corrected chi connectivity index (χ3v) is 2.88. The molecule has 0 atom stereocenters. The van der Waals surface area contributed by atoms with Gasteiger partial charge in [-0.2, -0.15) is 0 Å². The lowest BCUT2D eigenvalue weighted by Gasteiger charge is -2.25. The van der Waals surface area contributed by atoms with Crippen LogP contribution in [-0.2, 0) is 16.1 Å². The first kappa shape index (κ1) is 16.3. The van der Waals surface area contributed by atoms with Gasteiger partial charge in [0.05, 0.1) is 13.1 Å². The van der Waals surface area contributed by atoms with Gasteiger partial charge in [0.15, 0.2) is 0 Å². The molecule has 0 spiro atoms. The molecule has 0 aliphatic rings. The van der Waals surface area contributed by atoms with Crippen molar-refractivity contribution < 1.29 is 9.59 Å². The van der Waals surface area contributed by atoms with Gasteiger partial charge in [-0.1, -0.05) is 24.6 Å². The maximum Gasteiger partial charge on any atom is 0.236 e. The van der Waals surface area contributed by atoms with Crippen molar-refractivity contribution >= 4 is 29.1 Å². The van der Waals surface area contributed by atoms with Crippen molar-refractivity contribution in [3.63, 3.8) is 0 Å². The molecule has 1 rings (SSSR count). The van der Waals surface area contributed by atoms with Gasteiger partial charge in [0.1, 0.15) is 0 Å². The topological polar surface area (TPSA) is 101 Å². The zero-order valence-corrected chi connectivity index (χ0v) is 12.1. The van der Waals surface area contributed by atoms with E-state index in [0.717, 1.165) is 12.1 Å². The summed E-state index contributed by atoms with van der Waals surface area (Å²) in [5, 5.41) is 3.70. The highest BCUT2D eigenvalue weighted by Crippen LogP contribution is 2.25. The van der Waals surface area contributed by atoms with Gasteiger partial charge in [0.2, 0.25) is 11.8 Å². The normalized spacial score (nSPS) is 10.3. The Bertz CT molecular complexity index is 477. The molecule has 20 heavy (non-hydrogen) atoms. The second kappa shape index (κ2) is 7.72.